The predicted molar refractivity (Wildman–Crippen MR) is 91.0 cm³/mol. The van der Waals surface area contributed by atoms with E-state index in [0.29, 0.717) is 18.5 Å². The lowest BCUT2D eigenvalue weighted by Crippen LogP contribution is -2.45. The minimum Gasteiger partial charge on any atom is -0.339 e. The first-order chi connectivity index (χ1) is 11.2. The number of benzene rings is 1. The number of nitrogens with two attached hydrogens (primary N) is 1. The zero-order chi connectivity index (χ0) is 15.8. The highest BCUT2D eigenvalue weighted by molar-refractivity contribution is 5.83. The second kappa shape index (κ2) is 6.25. The van der Waals surface area contributed by atoms with Crippen molar-refractivity contribution in [3.05, 3.63) is 35.9 Å². The van der Waals surface area contributed by atoms with Crippen molar-refractivity contribution in [2.45, 2.75) is 56.1 Å². The largest absolute Gasteiger partial charge is 0.339 e. The first-order valence-electron chi connectivity index (χ1n) is 9.08. The van der Waals surface area contributed by atoms with E-state index in [1.165, 1.54) is 31.2 Å². The predicted octanol–water partition coefficient (Wildman–Crippen LogP) is 1.86. The Bertz CT molecular complexity index is 547. The van der Waals surface area contributed by atoms with Crippen molar-refractivity contribution < 1.29 is 4.79 Å². The molecule has 3 aliphatic rings. The fraction of sp³-hybridized carbons (Fsp3) is 0.632. The summed E-state index contributed by atoms with van der Waals surface area (Å²) >= 11 is 0. The van der Waals surface area contributed by atoms with Crippen LogP contribution in [0.2, 0.25) is 0 Å². The second-order valence-corrected chi connectivity index (χ2v) is 7.53. The Hall–Kier alpha value is -1.39. The quantitative estimate of drug-likeness (QED) is 0.876. The first-order valence-corrected chi connectivity index (χ1v) is 9.08. The summed E-state index contributed by atoms with van der Waals surface area (Å²) in [6.07, 6.45) is 6.17. The molecule has 3 N–H and O–H groups in total. The lowest BCUT2D eigenvalue weighted by atomic mass is 9.85. The average molecular weight is 313 g/mol. The standard InChI is InChI=1S/C19H27N3O/c20-16-12-22(11-15(16)13-6-2-1-3-7-13)19(23)18-10-14-8-4-5-9-17(14)21-18/h1-3,6-7,14-18,21H,4-5,8-12,20H2/t14?,15-,16+,17?,18?/m0/s1. The molecule has 0 spiro atoms. The van der Waals surface area contributed by atoms with E-state index in [-0.39, 0.29) is 23.9 Å². The Labute approximate surface area is 138 Å². The van der Waals surface area contributed by atoms with Gasteiger partial charge >= 0.3 is 0 Å². The molecule has 4 heteroatoms. The molecule has 0 bridgehead atoms. The van der Waals surface area contributed by atoms with E-state index in [2.05, 4.69) is 29.6 Å². The summed E-state index contributed by atoms with van der Waals surface area (Å²) in [6.45, 7) is 1.45. The summed E-state index contributed by atoms with van der Waals surface area (Å²) in [5.41, 5.74) is 7.59. The van der Waals surface area contributed by atoms with Gasteiger partial charge in [0.25, 0.3) is 0 Å². The summed E-state index contributed by atoms with van der Waals surface area (Å²) in [4.78, 5) is 14.9. The van der Waals surface area contributed by atoms with Crippen LogP contribution in [0.4, 0.5) is 0 Å². The van der Waals surface area contributed by atoms with E-state index in [9.17, 15) is 4.79 Å². The third-order valence-corrected chi connectivity index (χ3v) is 6.07. The van der Waals surface area contributed by atoms with Crippen LogP contribution >= 0.6 is 0 Å². The molecule has 124 valence electrons. The lowest BCUT2D eigenvalue weighted by Gasteiger charge is -2.24. The van der Waals surface area contributed by atoms with Gasteiger partial charge in [-0.15, -0.1) is 0 Å². The zero-order valence-electron chi connectivity index (χ0n) is 13.7. The molecule has 0 radical (unpaired) electrons. The molecule has 5 atom stereocenters. The van der Waals surface area contributed by atoms with E-state index < -0.39 is 0 Å². The number of rotatable bonds is 2. The fourth-order valence-corrected chi connectivity index (χ4v) is 4.79. The van der Waals surface area contributed by atoms with Crippen molar-refractivity contribution in [3.63, 3.8) is 0 Å². The highest BCUT2D eigenvalue weighted by Crippen LogP contribution is 2.35. The van der Waals surface area contributed by atoms with Crippen molar-refractivity contribution in [1.82, 2.24) is 10.2 Å². The van der Waals surface area contributed by atoms with Crippen LogP contribution in [0.15, 0.2) is 30.3 Å². The van der Waals surface area contributed by atoms with Gasteiger partial charge in [-0.1, -0.05) is 43.2 Å². The number of carbonyl (C=O) groups is 1. The summed E-state index contributed by atoms with van der Waals surface area (Å²) in [5.74, 6) is 1.25. The molecule has 3 fully saturated rings. The van der Waals surface area contributed by atoms with Gasteiger partial charge in [0.15, 0.2) is 0 Å². The number of hydrogen-bond acceptors (Lipinski definition) is 3. The van der Waals surface area contributed by atoms with Crippen LogP contribution < -0.4 is 11.1 Å². The maximum atomic E-state index is 12.9. The molecule has 1 aliphatic carbocycles. The lowest BCUT2D eigenvalue weighted by molar-refractivity contribution is -0.132. The topological polar surface area (TPSA) is 58.4 Å². The second-order valence-electron chi connectivity index (χ2n) is 7.53. The Kier molecular flexibility index (Phi) is 4.12. The van der Waals surface area contributed by atoms with Crippen LogP contribution in [-0.4, -0.2) is 42.0 Å². The van der Waals surface area contributed by atoms with Crippen molar-refractivity contribution in [2.24, 2.45) is 11.7 Å². The van der Waals surface area contributed by atoms with Gasteiger partial charge in [-0.25, -0.2) is 0 Å². The summed E-state index contributed by atoms with van der Waals surface area (Å²) in [5, 5.41) is 3.61. The Balaban J connectivity index is 1.42. The van der Waals surface area contributed by atoms with Gasteiger partial charge in [0.1, 0.15) is 0 Å². The van der Waals surface area contributed by atoms with Crippen LogP contribution in [0.3, 0.4) is 0 Å². The molecule has 23 heavy (non-hydrogen) atoms. The van der Waals surface area contributed by atoms with Crippen LogP contribution in [0.5, 0.6) is 0 Å². The summed E-state index contributed by atoms with van der Waals surface area (Å²) < 4.78 is 0. The maximum absolute atomic E-state index is 12.9. The molecule has 0 aromatic heterocycles. The molecule has 1 amide bonds. The van der Waals surface area contributed by atoms with Crippen LogP contribution in [-0.2, 0) is 4.79 Å². The molecule has 1 aromatic carbocycles. The molecular weight excluding hydrogens is 286 g/mol. The minimum absolute atomic E-state index is 0.0184. The van der Waals surface area contributed by atoms with Crippen LogP contribution in [0.1, 0.15) is 43.6 Å². The van der Waals surface area contributed by atoms with Crippen molar-refractivity contribution in [2.75, 3.05) is 13.1 Å². The van der Waals surface area contributed by atoms with Crippen LogP contribution in [0.25, 0.3) is 0 Å². The Morgan fingerprint density at radius 3 is 2.70 bits per heavy atom. The number of nitrogens with zero attached hydrogens (tertiary/aromatic N) is 1. The third kappa shape index (κ3) is 2.90. The smallest absolute Gasteiger partial charge is 0.239 e. The Morgan fingerprint density at radius 2 is 1.91 bits per heavy atom. The van der Waals surface area contributed by atoms with Crippen molar-refractivity contribution in [3.8, 4) is 0 Å². The first kappa shape index (κ1) is 15.2. The minimum atomic E-state index is 0.0184. The van der Waals surface area contributed by atoms with Gasteiger partial charge in [0.2, 0.25) is 5.91 Å². The number of fused-ring (bicyclic) bond motifs is 1. The number of hydrogen-bond donors (Lipinski definition) is 2. The number of nitrogens with one attached hydrogen (secondary N) is 1. The summed E-state index contributed by atoms with van der Waals surface area (Å²) in [6, 6.07) is 11.0. The van der Waals surface area contributed by atoms with E-state index >= 15 is 0 Å². The van der Waals surface area contributed by atoms with Gasteiger partial charge in [-0.05, 0) is 30.7 Å². The number of likely N-dealkylation sites (tertiary alicyclic amines) is 1. The van der Waals surface area contributed by atoms with Crippen molar-refractivity contribution >= 4 is 5.91 Å². The molecule has 4 nitrogen and oxygen atoms in total. The van der Waals surface area contributed by atoms with E-state index in [4.69, 9.17) is 5.73 Å². The van der Waals surface area contributed by atoms with E-state index in [1.807, 2.05) is 11.0 Å². The normalized spacial score (nSPS) is 36.9. The molecule has 1 saturated carbocycles. The fourth-order valence-electron chi connectivity index (χ4n) is 4.79. The van der Waals surface area contributed by atoms with Gasteiger partial charge in [-0.2, -0.15) is 0 Å². The van der Waals surface area contributed by atoms with Crippen LogP contribution in [0, 0.1) is 5.92 Å². The van der Waals surface area contributed by atoms with Gasteiger partial charge in [-0.3, -0.25) is 4.79 Å². The molecule has 2 heterocycles. The molecule has 3 unspecified atom stereocenters. The third-order valence-electron chi connectivity index (χ3n) is 6.07. The van der Waals surface area contributed by atoms with E-state index in [0.717, 1.165) is 13.0 Å². The highest BCUT2D eigenvalue weighted by Gasteiger charge is 2.42. The molecule has 2 aliphatic heterocycles. The van der Waals surface area contributed by atoms with Gasteiger partial charge in [0.05, 0.1) is 6.04 Å². The monoisotopic (exact) mass is 313 g/mol. The molecule has 2 saturated heterocycles. The molecular formula is C19H27N3O. The van der Waals surface area contributed by atoms with Crippen molar-refractivity contribution in [1.29, 1.82) is 0 Å². The highest BCUT2D eigenvalue weighted by atomic mass is 16.2. The zero-order valence-corrected chi connectivity index (χ0v) is 13.7. The van der Waals surface area contributed by atoms with E-state index in [1.54, 1.807) is 0 Å². The summed E-state index contributed by atoms with van der Waals surface area (Å²) in [7, 11) is 0. The number of amides is 1. The van der Waals surface area contributed by atoms with Gasteiger partial charge < -0.3 is 16.0 Å². The maximum Gasteiger partial charge on any atom is 0.239 e. The average Bonchev–Trinajstić information content (AvgIpc) is 3.18. The Morgan fingerprint density at radius 1 is 1.13 bits per heavy atom. The van der Waals surface area contributed by atoms with Gasteiger partial charge in [0, 0.05) is 31.1 Å². The number of carbonyl (C=O) groups excluding carboxylic acids is 1. The molecule has 4 rings (SSSR count). The molecule has 1 aromatic rings. The SMILES string of the molecule is N[C@@H]1CN(C(=O)C2CC3CCCCC3N2)C[C@H]1c1ccccc1.